The van der Waals surface area contributed by atoms with E-state index in [-0.39, 0.29) is 28.4 Å². The number of nitrogen functional groups attached to an aromatic ring is 1. The third kappa shape index (κ3) is 3.65. The number of nitrogens with zero attached hydrogens (tertiary/aromatic N) is 2. The van der Waals surface area contributed by atoms with Crippen LogP contribution in [-0.2, 0) is 9.53 Å². The fraction of sp³-hybridized carbons (Fsp3) is 0.0870. The second-order valence-corrected chi connectivity index (χ2v) is 9.08. The number of rotatable bonds is 3. The molecule has 1 atom stereocenters. The van der Waals surface area contributed by atoms with Crippen LogP contribution >= 0.6 is 31.9 Å². The van der Waals surface area contributed by atoms with E-state index in [1.54, 1.807) is 6.08 Å². The molecule has 2 aromatic carbocycles. The maximum atomic E-state index is 13.0. The van der Waals surface area contributed by atoms with E-state index in [0.717, 1.165) is 14.5 Å². The average molecular weight is 573 g/mol. The zero-order chi connectivity index (χ0) is 23.3. The number of hydrogen-bond acceptors (Lipinski definition) is 7. The first-order chi connectivity index (χ1) is 15.9. The molecule has 1 aliphatic rings. The highest BCUT2D eigenvalue weighted by Gasteiger charge is 2.39. The third-order valence-corrected chi connectivity index (χ3v) is 6.21. The largest absolute Gasteiger partial charge is 0.465 e. The van der Waals surface area contributed by atoms with Crippen LogP contribution in [0, 0.1) is 0 Å². The van der Waals surface area contributed by atoms with Gasteiger partial charge in [0.25, 0.3) is 6.01 Å². The van der Waals surface area contributed by atoms with Gasteiger partial charge in [-0.3, -0.25) is 0 Å². The van der Waals surface area contributed by atoms with Crippen molar-refractivity contribution in [2.75, 3.05) is 12.8 Å². The van der Waals surface area contributed by atoms with Crippen LogP contribution in [0.2, 0.25) is 0 Å². The summed E-state index contributed by atoms with van der Waals surface area (Å²) < 4.78 is 19.4. The van der Waals surface area contributed by atoms with Crippen LogP contribution in [-0.4, -0.2) is 22.6 Å². The molecule has 0 fully saturated rings. The molecule has 3 heterocycles. The molecule has 0 unspecified atom stereocenters. The molecule has 0 saturated heterocycles. The van der Waals surface area contributed by atoms with E-state index in [9.17, 15) is 9.59 Å². The Bertz CT molecular complexity index is 1600. The highest BCUT2D eigenvalue weighted by Crippen LogP contribution is 2.39. The monoisotopic (exact) mass is 571 g/mol. The predicted molar refractivity (Wildman–Crippen MR) is 127 cm³/mol. The molecule has 8 nitrogen and oxygen atoms in total. The van der Waals surface area contributed by atoms with Crippen LogP contribution in [0.3, 0.4) is 0 Å². The number of hydrogen-bond donors (Lipinski definition) is 1. The Morgan fingerprint density at radius 3 is 2.58 bits per heavy atom. The van der Waals surface area contributed by atoms with Crippen LogP contribution in [0.25, 0.3) is 17.5 Å². The molecule has 0 saturated carbocycles. The second kappa shape index (κ2) is 8.20. The highest BCUT2D eigenvalue weighted by atomic mass is 79.9. The van der Waals surface area contributed by atoms with E-state index in [4.69, 9.17) is 19.3 Å². The summed E-state index contributed by atoms with van der Waals surface area (Å²) in [4.78, 5) is 30.3. The van der Waals surface area contributed by atoms with Crippen LogP contribution in [0.15, 0.2) is 71.1 Å². The summed E-state index contributed by atoms with van der Waals surface area (Å²) in [5.74, 6) is -1.19. The van der Waals surface area contributed by atoms with Crippen LogP contribution < -0.4 is 22.3 Å². The van der Waals surface area contributed by atoms with E-state index in [0.29, 0.717) is 11.3 Å². The predicted octanol–water partition coefficient (Wildman–Crippen LogP) is 2.82. The van der Waals surface area contributed by atoms with Gasteiger partial charge < -0.3 is 19.3 Å². The van der Waals surface area contributed by atoms with Gasteiger partial charge in [0, 0.05) is 8.95 Å². The number of aromatic nitrogens is 2. The summed E-state index contributed by atoms with van der Waals surface area (Å²) in [5, 5.41) is 0.148. The summed E-state index contributed by atoms with van der Waals surface area (Å²) >= 11 is 6.88. The molecular weight excluding hydrogens is 558 g/mol. The lowest BCUT2D eigenvalue weighted by molar-refractivity contribution is -0.134. The number of methoxy groups -OCH3 is 1. The maximum absolute atomic E-state index is 13.0. The van der Waals surface area contributed by atoms with Crippen molar-refractivity contribution in [2.24, 2.45) is 0 Å². The Balaban J connectivity index is 1.92. The summed E-state index contributed by atoms with van der Waals surface area (Å²) in [5.41, 5.74) is 7.20. The van der Waals surface area contributed by atoms with E-state index >= 15 is 0 Å². The normalized spacial score (nSPS) is 15.3. The van der Waals surface area contributed by atoms with Gasteiger partial charge in [0.1, 0.15) is 16.6 Å². The van der Waals surface area contributed by atoms with Crippen LogP contribution in [0.5, 0.6) is 0 Å². The standard InChI is InChI=1S/C23H15Br2N3O5/c1-31-22(30)17-16(12-5-3-7-14(25)10-12)18-20(33-23(26)27-18)28-15(21(29)32-19(17)28)9-11-4-2-6-13(24)8-11/h2-10,16H,1H3,(H2,26,27)/b15-9-/t16-/m1/s1. The first-order valence-corrected chi connectivity index (χ1v) is 11.3. The number of nitrogens with two attached hydrogens (primary N) is 1. The molecule has 0 amide bonds. The SMILES string of the molecule is COC(=O)C1=c2oc(=O)/c(=C/c3cccc(Br)c3)n2-c2oc(N)nc2[C@@H]1c1cccc(Br)c1. The van der Waals surface area contributed by atoms with Gasteiger partial charge >= 0.3 is 11.6 Å². The maximum Gasteiger partial charge on any atom is 0.362 e. The van der Waals surface area contributed by atoms with Crippen molar-refractivity contribution < 1.29 is 18.4 Å². The molecule has 0 spiro atoms. The van der Waals surface area contributed by atoms with Gasteiger partial charge in [0.15, 0.2) is 0 Å². The van der Waals surface area contributed by atoms with Gasteiger partial charge in [-0.1, -0.05) is 56.1 Å². The van der Waals surface area contributed by atoms with Crippen molar-refractivity contribution in [2.45, 2.75) is 5.92 Å². The molecule has 10 heteroatoms. The Kier molecular flexibility index (Phi) is 5.34. The number of halogens is 2. The van der Waals surface area contributed by atoms with Crippen LogP contribution in [0.4, 0.5) is 6.01 Å². The summed E-state index contributed by atoms with van der Waals surface area (Å²) in [6.45, 7) is 0. The van der Waals surface area contributed by atoms with E-state index in [2.05, 4.69) is 36.8 Å². The minimum Gasteiger partial charge on any atom is -0.465 e. The smallest absolute Gasteiger partial charge is 0.362 e. The van der Waals surface area contributed by atoms with Crippen molar-refractivity contribution in [3.8, 4) is 5.88 Å². The van der Waals surface area contributed by atoms with Gasteiger partial charge in [0.2, 0.25) is 11.4 Å². The molecular formula is C23H15Br2N3O5. The van der Waals surface area contributed by atoms with E-state index in [1.807, 2.05) is 48.5 Å². The molecule has 2 aromatic heterocycles. The summed E-state index contributed by atoms with van der Waals surface area (Å²) in [6.07, 6.45) is 1.64. The first kappa shape index (κ1) is 21.5. The Labute approximate surface area is 203 Å². The summed E-state index contributed by atoms with van der Waals surface area (Å²) in [6, 6.07) is 14.6. The van der Waals surface area contributed by atoms with Crippen LogP contribution in [0.1, 0.15) is 22.7 Å². The van der Waals surface area contributed by atoms with E-state index < -0.39 is 17.5 Å². The Hall–Kier alpha value is -3.37. The zero-order valence-corrected chi connectivity index (χ0v) is 20.2. The zero-order valence-electron chi connectivity index (χ0n) is 17.0. The average Bonchev–Trinajstić information content (AvgIpc) is 3.31. The fourth-order valence-electron chi connectivity index (χ4n) is 3.92. The number of carbonyl (C=O) groups excluding carboxylic acids is 1. The molecule has 1 aliphatic heterocycles. The number of benzene rings is 2. The number of oxazole rings is 2. The number of fused-ring (bicyclic) bond motifs is 3. The summed E-state index contributed by atoms with van der Waals surface area (Å²) in [7, 11) is 1.26. The number of esters is 1. The molecule has 33 heavy (non-hydrogen) atoms. The lowest BCUT2D eigenvalue weighted by Gasteiger charge is -2.21. The van der Waals surface area contributed by atoms with Gasteiger partial charge in [-0.15, -0.1) is 0 Å². The molecule has 5 rings (SSSR count). The quantitative estimate of drug-likeness (QED) is 0.375. The lowest BCUT2D eigenvalue weighted by atomic mass is 9.87. The van der Waals surface area contributed by atoms with Crippen molar-refractivity contribution in [1.82, 2.24) is 9.55 Å². The Morgan fingerprint density at radius 2 is 1.88 bits per heavy atom. The first-order valence-electron chi connectivity index (χ1n) is 9.71. The van der Waals surface area contributed by atoms with Gasteiger partial charge in [-0.25, -0.2) is 14.2 Å². The lowest BCUT2D eigenvalue weighted by Crippen LogP contribution is -2.37. The minimum absolute atomic E-state index is 0.00159. The molecule has 0 aliphatic carbocycles. The molecule has 2 N–H and O–H groups in total. The van der Waals surface area contributed by atoms with Crippen molar-refractivity contribution in [3.63, 3.8) is 0 Å². The second-order valence-electron chi connectivity index (χ2n) is 7.25. The van der Waals surface area contributed by atoms with Gasteiger partial charge in [0.05, 0.1) is 13.0 Å². The highest BCUT2D eigenvalue weighted by molar-refractivity contribution is 9.10. The number of ether oxygens (including phenoxy) is 1. The van der Waals surface area contributed by atoms with Gasteiger partial charge in [-0.05, 0) is 41.5 Å². The molecule has 4 aromatic rings. The number of anilines is 1. The Morgan fingerprint density at radius 1 is 1.15 bits per heavy atom. The minimum atomic E-state index is -0.727. The molecule has 166 valence electrons. The van der Waals surface area contributed by atoms with Gasteiger partial charge in [-0.2, -0.15) is 4.98 Å². The van der Waals surface area contributed by atoms with E-state index in [1.165, 1.54) is 11.7 Å². The number of carbonyl (C=O) groups is 1. The topological polar surface area (TPSA) is 113 Å². The molecule has 0 radical (unpaired) electrons. The van der Waals surface area contributed by atoms with Crippen molar-refractivity contribution in [3.05, 3.63) is 95.6 Å². The molecule has 0 bridgehead atoms. The fourth-order valence-corrected chi connectivity index (χ4v) is 4.75. The third-order valence-electron chi connectivity index (χ3n) is 5.23. The van der Waals surface area contributed by atoms with Crippen molar-refractivity contribution >= 4 is 55.5 Å². The van der Waals surface area contributed by atoms with Crippen molar-refractivity contribution in [1.29, 1.82) is 0 Å².